The van der Waals surface area contributed by atoms with E-state index >= 15 is 0 Å². The van der Waals surface area contributed by atoms with Gasteiger partial charge < -0.3 is 33.4 Å². The van der Waals surface area contributed by atoms with E-state index in [9.17, 15) is 14.4 Å². The fourth-order valence-electron chi connectivity index (χ4n) is 4.08. The number of carbonyl (C=O) groups is 2. The summed E-state index contributed by atoms with van der Waals surface area (Å²) in [7, 11) is 2.93. The Morgan fingerprint density at radius 3 is 2.60 bits per heavy atom. The number of ether oxygens (including phenoxy) is 5. The third-order valence-corrected chi connectivity index (χ3v) is 6.70. The number of aromatic nitrogens is 4. The minimum Gasteiger partial charge on any atom is -0.496 e. The van der Waals surface area contributed by atoms with Gasteiger partial charge in [-0.1, -0.05) is 17.4 Å². The Morgan fingerprint density at radius 1 is 1.12 bits per heavy atom. The van der Waals surface area contributed by atoms with Crippen LogP contribution in [0, 0.1) is 0 Å². The van der Waals surface area contributed by atoms with Crippen molar-refractivity contribution in [1.29, 1.82) is 0 Å². The standard InChI is InChI=1S/C26H26N6O9S/c1-14(33)28-20-7-8-27-32(20)26-31-30-25(42-26)29-23(34)19-11-16(21-17(36-2)5-4-6-18(21)37-3)22(24(35)41-19)40-13-15-12-38-9-10-39-15/h4-8,11,15H,9-10,12-13H2,1-3H3,(H,28,33)(H,29,30,34). The fourth-order valence-corrected chi connectivity index (χ4v) is 4.80. The molecule has 42 heavy (non-hydrogen) atoms. The largest absolute Gasteiger partial charge is 0.496 e. The summed E-state index contributed by atoms with van der Waals surface area (Å²) in [6, 6.07) is 8.02. The molecule has 0 saturated carbocycles. The first kappa shape index (κ1) is 28.7. The second kappa shape index (κ2) is 12.8. The number of hydrogen-bond acceptors (Lipinski definition) is 13. The molecule has 0 bridgehead atoms. The Bertz CT molecular complexity index is 1620. The summed E-state index contributed by atoms with van der Waals surface area (Å²) in [5.74, 6) is -0.443. The Labute approximate surface area is 242 Å². The molecule has 0 radical (unpaired) electrons. The molecule has 1 atom stereocenters. The number of carbonyl (C=O) groups excluding carboxylic acids is 2. The topological polar surface area (TPSA) is 178 Å². The van der Waals surface area contributed by atoms with E-state index in [1.165, 1.54) is 38.1 Å². The van der Waals surface area contributed by atoms with Gasteiger partial charge in [-0.25, -0.2) is 4.79 Å². The molecular weight excluding hydrogens is 572 g/mol. The highest BCUT2D eigenvalue weighted by atomic mass is 32.1. The zero-order valence-electron chi connectivity index (χ0n) is 22.7. The van der Waals surface area contributed by atoms with Gasteiger partial charge in [-0.05, 0) is 18.2 Å². The summed E-state index contributed by atoms with van der Waals surface area (Å²) in [6.45, 7) is 2.54. The average Bonchev–Trinajstić information content (AvgIpc) is 3.65. The lowest BCUT2D eigenvalue weighted by Gasteiger charge is -2.23. The van der Waals surface area contributed by atoms with E-state index in [4.69, 9.17) is 28.1 Å². The van der Waals surface area contributed by atoms with Crippen LogP contribution in [0.3, 0.4) is 0 Å². The van der Waals surface area contributed by atoms with Gasteiger partial charge in [-0.3, -0.25) is 14.9 Å². The summed E-state index contributed by atoms with van der Waals surface area (Å²) in [6.07, 6.45) is 1.07. The molecule has 2 N–H and O–H groups in total. The average molecular weight is 599 g/mol. The van der Waals surface area contributed by atoms with Crippen molar-refractivity contribution in [3.63, 3.8) is 0 Å². The second-order valence-corrected chi connectivity index (χ2v) is 9.67. The lowest BCUT2D eigenvalue weighted by molar-refractivity contribution is -0.114. The number of amides is 2. The number of hydrogen-bond donors (Lipinski definition) is 2. The van der Waals surface area contributed by atoms with E-state index in [0.29, 0.717) is 42.7 Å². The van der Waals surface area contributed by atoms with Crippen LogP contribution < -0.4 is 30.5 Å². The maximum Gasteiger partial charge on any atom is 0.379 e. The molecule has 16 heteroatoms. The van der Waals surface area contributed by atoms with E-state index < -0.39 is 17.6 Å². The van der Waals surface area contributed by atoms with Crippen LogP contribution >= 0.6 is 11.3 Å². The number of rotatable bonds is 10. The maximum absolute atomic E-state index is 13.3. The van der Waals surface area contributed by atoms with Crippen LogP contribution in [0.5, 0.6) is 17.2 Å². The molecule has 1 saturated heterocycles. The molecule has 0 aliphatic carbocycles. The van der Waals surface area contributed by atoms with Crippen molar-refractivity contribution >= 4 is 34.1 Å². The molecule has 2 amide bonds. The van der Waals surface area contributed by atoms with Gasteiger partial charge in [0.15, 0.2) is 5.76 Å². The van der Waals surface area contributed by atoms with Crippen molar-refractivity contribution in [2.45, 2.75) is 13.0 Å². The smallest absolute Gasteiger partial charge is 0.379 e. The van der Waals surface area contributed by atoms with Crippen molar-refractivity contribution in [1.82, 2.24) is 20.0 Å². The fraction of sp³-hybridized carbons (Fsp3) is 0.308. The molecule has 4 heterocycles. The minimum atomic E-state index is -0.906. The number of anilines is 2. The molecule has 3 aromatic heterocycles. The summed E-state index contributed by atoms with van der Waals surface area (Å²) in [5.41, 5.74) is -0.323. The highest BCUT2D eigenvalue weighted by Crippen LogP contribution is 2.42. The molecular formula is C26H26N6O9S. The van der Waals surface area contributed by atoms with Gasteiger partial charge in [-0.2, -0.15) is 9.78 Å². The van der Waals surface area contributed by atoms with E-state index in [1.807, 2.05) is 0 Å². The monoisotopic (exact) mass is 598 g/mol. The van der Waals surface area contributed by atoms with Gasteiger partial charge in [0, 0.05) is 18.6 Å². The predicted molar refractivity (Wildman–Crippen MR) is 149 cm³/mol. The maximum atomic E-state index is 13.3. The SMILES string of the molecule is COc1cccc(OC)c1-c1cc(C(=O)Nc2nnc(-n3nccc3NC(C)=O)s2)oc(=O)c1OCC1COCCO1. The van der Waals surface area contributed by atoms with Crippen LogP contribution in [0.15, 0.2) is 45.7 Å². The Kier molecular flexibility index (Phi) is 8.75. The molecule has 1 aromatic carbocycles. The van der Waals surface area contributed by atoms with Crippen LogP contribution in [-0.4, -0.2) is 78.5 Å². The normalized spacial score (nSPS) is 14.7. The summed E-state index contributed by atoms with van der Waals surface area (Å²) in [4.78, 5) is 38.0. The van der Waals surface area contributed by atoms with Crippen LogP contribution in [0.2, 0.25) is 0 Å². The van der Waals surface area contributed by atoms with E-state index in [-0.39, 0.29) is 39.9 Å². The third-order valence-electron chi connectivity index (χ3n) is 5.89. The molecule has 220 valence electrons. The lowest BCUT2D eigenvalue weighted by atomic mass is 10.0. The Hall–Kier alpha value is -4.80. The van der Waals surface area contributed by atoms with Crippen molar-refractivity contribution in [3.05, 3.63) is 52.7 Å². The quantitative estimate of drug-likeness (QED) is 0.273. The highest BCUT2D eigenvalue weighted by molar-refractivity contribution is 7.17. The molecule has 0 spiro atoms. The molecule has 1 fully saturated rings. The third kappa shape index (κ3) is 6.24. The number of methoxy groups -OCH3 is 2. The molecule has 1 aliphatic heterocycles. The van der Waals surface area contributed by atoms with Crippen molar-refractivity contribution < 1.29 is 37.7 Å². The van der Waals surface area contributed by atoms with Crippen molar-refractivity contribution in [2.75, 3.05) is 51.3 Å². The zero-order chi connectivity index (χ0) is 29.6. The summed E-state index contributed by atoms with van der Waals surface area (Å²) in [5, 5.41) is 17.7. The summed E-state index contributed by atoms with van der Waals surface area (Å²) < 4.78 is 34.7. The first-order valence-electron chi connectivity index (χ1n) is 12.6. The Balaban J connectivity index is 1.47. The first-order valence-corrected chi connectivity index (χ1v) is 13.4. The van der Waals surface area contributed by atoms with Gasteiger partial charge in [-0.15, -0.1) is 10.2 Å². The Morgan fingerprint density at radius 2 is 1.90 bits per heavy atom. The van der Waals surface area contributed by atoms with Gasteiger partial charge in [0.2, 0.25) is 21.9 Å². The van der Waals surface area contributed by atoms with E-state index in [0.717, 1.165) is 11.3 Å². The zero-order valence-corrected chi connectivity index (χ0v) is 23.6. The van der Waals surface area contributed by atoms with Crippen LogP contribution in [0.4, 0.5) is 10.9 Å². The molecule has 15 nitrogen and oxygen atoms in total. The van der Waals surface area contributed by atoms with Crippen molar-refractivity contribution in [2.24, 2.45) is 0 Å². The number of benzene rings is 1. The van der Waals surface area contributed by atoms with Gasteiger partial charge in [0.05, 0.1) is 45.8 Å². The first-order chi connectivity index (χ1) is 20.4. The molecule has 5 rings (SSSR count). The van der Waals surface area contributed by atoms with E-state index in [1.54, 1.807) is 24.3 Å². The summed E-state index contributed by atoms with van der Waals surface area (Å²) >= 11 is 0.984. The minimum absolute atomic E-state index is 0.00221. The van der Waals surface area contributed by atoms with Gasteiger partial charge in [0.25, 0.3) is 5.91 Å². The predicted octanol–water partition coefficient (Wildman–Crippen LogP) is 2.37. The van der Waals surface area contributed by atoms with Gasteiger partial charge in [0.1, 0.15) is 30.0 Å². The molecule has 4 aromatic rings. The van der Waals surface area contributed by atoms with Crippen molar-refractivity contribution in [3.8, 4) is 33.5 Å². The molecule has 1 aliphatic rings. The lowest BCUT2D eigenvalue weighted by Crippen LogP contribution is -2.34. The van der Waals surface area contributed by atoms with Crippen LogP contribution in [0.1, 0.15) is 17.5 Å². The van der Waals surface area contributed by atoms with Gasteiger partial charge >= 0.3 is 5.63 Å². The number of nitrogens with one attached hydrogen (secondary N) is 2. The van der Waals surface area contributed by atoms with E-state index in [2.05, 4.69) is 25.9 Å². The van der Waals surface area contributed by atoms with Crippen LogP contribution in [0.25, 0.3) is 16.3 Å². The highest BCUT2D eigenvalue weighted by Gasteiger charge is 2.26. The molecule has 1 unspecified atom stereocenters. The van der Waals surface area contributed by atoms with Crippen LogP contribution in [-0.2, 0) is 14.3 Å². The second-order valence-electron chi connectivity index (χ2n) is 8.71. The number of nitrogens with zero attached hydrogens (tertiary/aromatic N) is 4.